The Kier molecular flexibility index (Phi) is 11.7. The molecule has 0 amide bonds. The minimum atomic E-state index is -0.878. The van der Waals surface area contributed by atoms with Gasteiger partial charge in [0.2, 0.25) is 0 Å². The zero-order chi connectivity index (χ0) is 18.6. The number of hydrogen-bond acceptors (Lipinski definition) is 4. The van der Waals surface area contributed by atoms with Gasteiger partial charge in [0.1, 0.15) is 5.60 Å². The number of ether oxygens (including phenoxy) is 1. The van der Waals surface area contributed by atoms with Gasteiger partial charge in [0.15, 0.2) is 0 Å². The van der Waals surface area contributed by atoms with Crippen molar-refractivity contribution in [2.45, 2.75) is 91.1 Å². The Bertz CT molecular complexity index is 355. The van der Waals surface area contributed by atoms with Gasteiger partial charge in [-0.2, -0.15) is 0 Å². The first-order valence-corrected chi connectivity index (χ1v) is 9.34. The van der Waals surface area contributed by atoms with Gasteiger partial charge in [-0.15, -0.1) is 0 Å². The lowest BCUT2D eigenvalue weighted by molar-refractivity contribution is -0.160. The maximum Gasteiger partial charge on any atom is 0.307 e. The van der Waals surface area contributed by atoms with E-state index < -0.39 is 23.5 Å². The smallest absolute Gasteiger partial charge is 0.307 e. The minimum Gasteiger partial charge on any atom is -0.481 e. The summed E-state index contributed by atoms with van der Waals surface area (Å²) in [5.74, 6) is -1.43. The fraction of sp³-hybridized carbons (Fsp3) is 0.895. The van der Waals surface area contributed by atoms with Crippen molar-refractivity contribution in [3.05, 3.63) is 0 Å². The second kappa shape index (κ2) is 12.3. The maximum absolute atomic E-state index is 11.7. The van der Waals surface area contributed by atoms with Crippen molar-refractivity contribution in [3.8, 4) is 0 Å². The molecule has 0 aromatic heterocycles. The van der Waals surface area contributed by atoms with Crippen molar-refractivity contribution in [1.82, 2.24) is 0 Å². The van der Waals surface area contributed by atoms with Crippen LogP contribution in [-0.2, 0) is 14.3 Å². The molecule has 1 aliphatic rings. The molecule has 1 saturated carbocycles. The zero-order valence-electron chi connectivity index (χ0n) is 16.0. The molecule has 1 fully saturated rings. The van der Waals surface area contributed by atoms with Crippen molar-refractivity contribution in [2.24, 2.45) is 17.6 Å². The lowest BCUT2D eigenvalue weighted by Gasteiger charge is -2.25. The van der Waals surface area contributed by atoms with Crippen LogP contribution in [0.4, 0.5) is 0 Å². The summed E-state index contributed by atoms with van der Waals surface area (Å²) in [5, 5.41) is 9.24. The Labute approximate surface area is 147 Å². The van der Waals surface area contributed by atoms with Crippen LogP contribution in [0.1, 0.15) is 85.5 Å². The van der Waals surface area contributed by atoms with Gasteiger partial charge in [0.05, 0.1) is 12.3 Å². The SMILES string of the molecule is CC(C)(C)OC(=O)C[C@@H](CC1CCCCC1)C(=O)O.CCCCN. The Morgan fingerprint density at radius 2 is 1.79 bits per heavy atom. The second-order valence-corrected chi connectivity index (χ2v) is 7.71. The van der Waals surface area contributed by atoms with Crippen LogP contribution in [-0.4, -0.2) is 29.2 Å². The molecule has 1 aliphatic carbocycles. The van der Waals surface area contributed by atoms with Crippen LogP contribution in [0.3, 0.4) is 0 Å². The van der Waals surface area contributed by atoms with Crippen LogP contribution in [0.5, 0.6) is 0 Å². The van der Waals surface area contributed by atoms with E-state index in [1.807, 2.05) is 0 Å². The number of rotatable bonds is 7. The molecule has 0 saturated heterocycles. The third kappa shape index (κ3) is 12.3. The van der Waals surface area contributed by atoms with Gasteiger partial charge in [-0.25, -0.2) is 0 Å². The third-order valence-corrected chi connectivity index (χ3v) is 4.08. The highest BCUT2D eigenvalue weighted by molar-refractivity contribution is 5.78. The summed E-state index contributed by atoms with van der Waals surface area (Å²) < 4.78 is 5.21. The van der Waals surface area contributed by atoms with Gasteiger partial charge in [-0.3, -0.25) is 9.59 Å². The molecule has 0 aliphatic heterocycles. The van der Waals surface area contributed by atoms with Crippen LogP contribution in [0.15, 0.2) is 0 Å². The normalized spacial score (nSPS) is 16.7. The molecular weight excluding hydrogens is 306 g/mol. The lowest BCUT2D eigenvalue weighted by Crippen LogP contribution is -2.28. The molecule has 1 atom stereocenters. The highest BCUT2D eigenvalue weighted by Gasteiger charge is 2.28. The number of carboxylic acid groups (broad SMARTS) is 1. The summed E-state index contributed by atoms with van der Waals surface area (Å²) >= 11 is 0. The van der Waals surface area contributed by atoms with E-state index in [-0.39, 0.29) is 6.42 Å². The number of aliphatic carboxylic acids is 1. The summed E-state index contributed by atoms with van der Waals surface area (Å²) in [6.45, 7) is 8.36. The van der Waals surface area contributed by atoms with Crippen molar-refractivity contribution in [3.63, 3.8) is 0 Å². The summed E-state index contributed by atoms with van der Waals surface area (Å²) in [4.78, 5) is 23.0. The molecule has 0 heterocycles. The Hall–Kier alpha value is -1.10. The van der Waals surface area contributed by atoms with Crippen LogP contribution in [0.2, 0.25) is 0 Å². The Morgan fingerprint density at radius 1 is 1.21 bits per heavy atom. The second-order valence-electron chi connectivity index (χ2n) is 7.71. The number of carboxylic acids is 1. The van der Waals surface area contributed by atoms with Crippen LogP contribution >= 0.6 is 0 Å². The van der Waals surface area contributed by atoms with E-state index in [2.05, 4.69) is 6.92 Å². The minimum absolute atomic E-state index is 0.0108. The zero-order valence-corrected chi connectivity index (χ0v) is 16.0. The molecule has 0 aromatic rings. The fourth-order valence-corrected chi connectivity index (χ4v) is 2.89. The molecule has 5 nitrogen and oxygen atoms in total. The first kappa shape index (κ1) is 22.9. The molecule has 5 heteroatoms. The lowest BCUT2D eigenvalue weighted by atomic mass is 9.82. The average molecular weight is 344 g/mol. The number of esters is 1. The number of carbonyl (C=O) groups is 2. The van der Waals surface area contributed by atoms with E-state index in [9.17, 15) is 14.7 Å². The van der Waals surface area contributed by atoms with E-state index in [0.717, 1.165) is 19.4 Å². The fourth-order valence-electron chi connectivity index (χ4n) is 2.89. The number of nitrogens with two attached hydrogens (primary N) is 1. The summed E-state index contributed by atoms with van der Waals surface area (Å²) in [6, 6.07) is 0. The number of carbonyl (C=O) groups excluding carboxylic acids is 1. The van der Waals surface area contributed by atoms with Gasteiger partial charge in [0.25, 0.3) is 0 Å². The largest absolute Gasteiger partial charge is 0.481 e. The molecule has 0 aromatic carbocycles. The van der Waals surface area contributed by atoms with Crippen LogP contribution < -0.4 is 5.73 Å². The van der Waals surface area contributed by atoms with Gasteiger partial charge < -0.3 is 15.6 Å². The highest BCUT2D eigenvalue weighted by Crippen LogP contribution is 2.30. The topological polar surface area (TPSA) is 89.6 Å². The molecule has 3 N–H and O–H groups in total. The van der Waals surface area contributed by atoms with E-state index in [0.29, 0.717) is 12.3 Å². The van der Waals surface area contributed by atoms with E-state index in [1.54, 1.807) is 20.8 Å². The van der Waals surface area contributed by atoms with Gasteiger partial charge in [-0.05, 0) is 46.1 Å². The number of hydrogen-bond donors (Lipinski definition) is 2. The molecule has 0 unspecified atom stereocenters. The van der Waals surface area contributed by atoms with Crippen LogP contribution in [0, 0.1) is 11.8 Å². The Balaban J connectivity index is 0.000000922. The van der Waals surface area contributed by atoms with E-state index >= 15 is 0 Å². The van der Waals surface area contributed by atoms with Crippen molar-refractivity contribution in [2.75, 3.05) is 6.54 Å². The average Bonchev–Trinajstić information content (AvgIpc) is 2.47. The third-order valence-electron chi connectivity index (χ3n) is 4.08. The van der Waals surface area contributed by atoms with Crippen LogP contribution in [0.25, 0.3) is 0 Å². The number of unbranched alkanes of at least 4 members (excludes halogenated alkanes) is 1. The van der Waals surface area contributed by atoms with Gasteiger partial charge >= 0.3 is 11.9 Å². The molecule has 1 rings (SSSR count). The molecule has 0 spiro atoms. The highest BCUT2D eigenvalue weighted by atomic mass is 16.6. The Morgan fingerprint density at radius 3 is 2.17 bits per heavy atom. The van der Waals surface area contributed by atoms with Crippen molar-refractivity contribution < 1.29 is 19.4 Å². The summed E-state index contributed by atoms with van der Waals surface area (Å²) in [5.41, 5.74) is 4.59. The van der Waals surface area contributed by atoms with E-state index in [1.165, 1.54) is 32.1 Å². The predicted molar refractivity (Wildman–Crippen MR) is 96.7 cm³/mol. The molecule has 0 bridgehead atoms. The predicted octanol–water partition coefficient (Wildman–Crippen LogP) is 4.13. The van der Waals surface area contributed by atoms with Crippen molar-refractivity contribution >= 4 is 11.9 Å². The molecule has 142 valence electrons. The monoisotopic (exact) mass is 343 g/mol. The molecule has 0 radical (unpaired) electrons. The van der Waals surface area contributed by atoms with Crippen molar-refractivity contribution in [1.29, 1.82) is 0 Å². The van der Waals surface area contributed by atoms with E-state index in [4.69, 9.17) is 10.5 Å². The summed E-state index contributed by atoms with van der Waals surface area (Å²) in [6.07, 6.45) is 8.79. The standard InChI is InChI=1S/C15H26O4.C4H11N/c1-15(2,3)19-13(16)10-12(14(17)18)9-11-7-5-4-6-8-11;1-2-3-4-5/h11-12H,4-10H2,1-3H3,(H,17,18);2-5H2,1H3/t12-;/m1./s1. The molecule has 24 heavy (non-hydrogen) atoms. The first-order valence-electron chi connectivity index (χ1n) is 9.34. The first-order chi connectivity index (χ1) is 11.2. The maximum atomic E-state index is 11.7. The summed E-state index contributed by atoms with van der Waals surface area (Å²) in [7, 11) is 0. The van der Waals surface area contributed by atoms with Gasteiger partial charge in [-0.1, -0.05) is 45.4 Å². The van der Waals surface area contributed by atoms with Gasteiger partial charge in [0, 0.05) is 0 Å². The molecular formula is C19H37NO4. The quantitative estimate of drug-likeness (QED) is 0.678.